The lowest BCUT2D eigenvalue weighted by atomic mass is 9.96. The number of hydrogen-bond donors (Lipinski definition) is 3. The van der Waals surface area contributed by atoms with Gasteiger partial charge < -0.3 is 10.6 Å². The van der Waals surface area contributed by atoms with Crippen molar-refractivity contribution in [3.63, 3.8) is 0 Å². The zero-order valence-electron chi connectivity index (χ0n) is 14.7. The van der Waals surface area contributed by atoms with Crippen LogP contribution >= 0.6 is 0 Å². The molecule has 2 rings (SSSR count). The van der Waals surface area contributed by atoms with Crippen LogP contribution in [0.3, 0.4) is 0 Å². The van der Waals surface area contributed by atoms with Crippen molar-refractivity contribution in [2.45, 2.75) is 32.7 Å². The molecule has 0 unspecified atom stereocenters. The smallest absolute Gasteiger partial charge is 0.321 e. The summed E-state index contributed by atoms with van der Waals surface area (Å²) in [6.07, 6.45) is 1.40. The highest BCUT2D eigenvalue weighted by Crippen LogP contribution is 2.19. The third-order valence-corrected chi connectivity index (χ3v) is 4.04. The van der Waals surface area contributed by atoms with E-state index in [0.717, 1.165) is 5.69 Å². The van der Waals surface area contributed by atoms with Crippen LogP contribution < -0.4 is 16.0 Å². The number of anilines is 1. The monoisotopic (exact) mass is 346 g/mol. The van der Waals surface area contributed by atoms with Crippen molar-refractivity contribution in [3.05, 3.63) is 30.3 Å². The summed E-state index contributed by atoms with van der Waals surface area (Å²) in [5.74, 6) is -0.360. The minimum atomic E-state index is -0.475. The van der Waals surface area contributed by atoms with E-state index in [1.54, 1.807) is 0 Å². The highest BCUT2D eigenvalue weighted by Gasteiger charge is 2.26. The number of benzene rings is 1. The summed E-state index contributed by atoms with van der Waals surface area (Å²) >= 11 is 0. The minimum absolute atomic E-state index is 0.0200. The van der Waals surface area contributed by atoms with Gasteiger partial charge in [0.2, 0.25) is 11.8 Å². The number of amides is 4. The Labute approximate surface area is 148 Å². The van der Waals surface area contributed by atoms with Gasteiger partial charge in [-0.1, -0.05) is 18.2 Å². The number of nitrogens with one attached hydrogen (secondary N) is 3. The van der Waals surface area contributed by atoms with Crippen LogP contribution in [0.4, 0.5) is 10.5 Å². The first-order valence-electron chi connectivity index (χ1n) is 8.62. The fourth-order valence-electron chi connectivity index (χ4n) is 2.79. The predicted molar refractivity (Wildman–Crippen MR) is 96.0 cm³/mol. The van der Waals surface area contributed by atoms with E-state index in [-0.39, 0.29) is 30.3 Å². The van der Waals surface area contributed by atoms with E-state index in [1.165, 1.54) is 0 Å². The molecular weight excluding hydrogens is 320 g/mol. The van der Waals surface area contributed by atoms with E-state index in [1.807, 2.05) is 49.1 Å². The van der Waals surface area contributed by atoms with Crippen LogP contribution in [0.15, 0.2) is 30.3 Å². The van der Waals surface area contributed by atoms with Crippen molar-refractivity contribution in [3.8, 4) is 0 Å². The first-order chi connectivity index (χ1) is 11.9. The Bertz CT molecular complexity index is 596. The molecule has 0 radical (unpaired) electrons. The van der Waals surface area contributed by atoms with Gasteiger partial charge in [0, 0.05) is 17.6 Å². The van der Waals surface area contributed by atoms with E-state index in [0.29, 0.717) is 25.9 Å². The molecule has 25 heavy (non-hydrogen) atoms. The largest absolute Gasteiger partial charge is 0.336 e. The highest BCUT2D eigenvalue weighted by atomic mass is 16.2. The molecule has 0 atom stereocenters. The molecule has 0 spiro atoms. The van der Waals surface area contributed by atoms with Gasteiger partial charge in [0.1, 0.15) is 0 Å². The average Bonchev–Trinajstić information content (AvgIpc) is 2.55. The molecule has 1 aromatic rings. The zero-order chi connectivity index (χ0) is 18.2. The highest BCUT2D eigenvalue weighted by molar-refractivity contribution is 5.95. The molecule has 1 aliphatic rings. The molecule has 1 heterocycles. The summed E-state index contributed by atoms with van der Waals surface area (Å²) in [6.45, 7) is 5.14. The molecule has 136 valence electrons. The van der Waals surface area contributed by atoms with Gasteiger partial charge in [-0.05, 0) is 51.9 Å². The summed E-state index contributed by atoms with van der Waals surface area (Å²) in [5.41, 5.74) is 0.797. The van der Waals surface area contributed by atoms with Gasteiger partial charge >= 0.3 is 6.03 Å². The maximum absolute atomic E-state index is 12.3. The molecule has 1 aliphatic heterocycles. The van der Waals surface area contributed by atoms with Gasteiger partial charge in [-0.3, -0.25) is 19.8 Å². The standard InChI is InChI=1S/C18H26N4O3/c1-13(2)19-18(25)21-16(23)12-22-10-8-14(9-11-22)17(24)20-15-6-4-3-5-7-15/h3-7,13-14H,8-12H2,1-2H3,(H,20,24)(H2,19,21,23,25). The number of carbonyl (C=O) groups is 3. The molecule has 1 saturated heterocycles. The molecule has 0 aliphatic carbocycles. The third-order valence-electron chi connectivity index (χ3n) is 4.04. The second-order valence-corrected chi connectivity index (χ2v) is 6.58. The summed E-state index contributed by atoms with van der Waals surface area (Å²) in [4.78, 5) is 37.6. The lowest BCUT2D eigenvalue weighted by Gasteiger charge is -2.30. The van der Waals surface area contributed by atoms with E-state index < -0.39 is 6.03 Å². The number of likely N-dealkylation sites (tertiary alicyclic amines) is 1. The maximum atomic E-state index is 12.3. The molecular formula is C18H26N4O3. The lowest BCUT2D eigenvalue weighted by molar-refractivity contribution is -0.122. The zero-order valence-corrected chi connectivity index (χ0v) is 14.7. The number of nitrogens with zero attached hydrogens (tertiary/aromatic N) is 1. The summed E-state index contributed by atoms with van der Waals surface area (Å²) < 4.78 is 0. The molecule has 7 nitrogen and oxygen atoms in total. The Balaban J connectivity index is 1.71. The number of piperidine rings is 1. The van der Waals surface area contributed by atoms with E-state index >= 15 is 0 Å². The van der Waals surface area contributed by atoms with Gasteiger partial charge in [0.15, 0.2) is 0 Å². The van der Waals surface area contributed by atoms with Gasteiger partial charge in [-0.25, -0.2) is 4.79 Å². The molecule has 0 aromatic heterocycles. The maximum Gasteiger partial charge on any atom is 0.321 e. The first kappa shape index (κ1) is 18.9. The number of urea groups is 1. The summed E-state index contributed by atoms with van der Waals surface area (Å²) in [6, 6.07) is 8.89. The van der Waals surface area contributed by atoms with Gasteiger partial charge in [0.25, 0.3) is 0 Å². The van der Waals surface area contributed by atoms with Crippen LogP contribution in [0.25, 0.3) is 0 Å². The third kappa shape index (κ3) is 6.54. The molecule has 1 fully saturated rings. The number of rotatable bonds is 5. The fourth-order valence-corrected chi connectivity index (χ4v) is 2.79. The van der Waals surface area contributed by atoms with Crippen LogP contribution in [0.5, 0.6) is 0 Å². The van der Waals surface area contributed by atoms with Crippen LogP contribution in [0.1, 0.15) is 26.7 Å². The number of imide groups is 1. The van der Waals surface area contributed by atoms with Gasteiger partial charge in [-0.15, -0.1) is 0 Å². The van der Waals surface area contributed by atoms with Crippen molar-refractivity contribution in [2.24, 2.45) is 5.92 Å². The Morgan fingerprint density at radius 1 is 1.12 bits per heavy atom. The van der Waals surface area contributed by atoms with Gasteiger partial charge in [-0.2, -0.15) is 0 Å². The van der Waals surface area contributed by atoms with Crippen LogP contribution in [0, 0.1) is 5.92 Å². The van der Waals surface area contributed by atoms with E-state index in [9.17, 15) is 14.4 Å². The quantitative estimate of drug-likeness (QED) is 0.755. The Hall–Kier alpha value is -2.41. The predicted octanol–water partition coefficient (Wildman–Crippen LogP) is 1.57. The van der Waals surface area contributed by atoms with Crippen LogP contribution in [-0.2, 0) is 9.59 Å². The Morgan fingerprint density at radius 3 is 2.36 bits per heavy atom. The minimum Gasteiger partial charge on any atom is -0.336 e. The van der Waals surface area contributed by atoms with E-state index in [2.05, 4.69) is 16.0 Å². The molecule has 3 N–H and O–H groups in total. The Morgan fingerprint density at radius 2 is 1.76 bits per heavy atom. The van der Waals surface area contributed by atoms with E-state index in [4.69, 9.17) is 0 Å². The topological polar surface area (TPSA) is 90.5 Å². The SMILES string of the molecule is CC(C)NC(=O)NC(=O)CN1CCC(C(=O)Nc2ccccc2)CC1. The second kappa shape index (κ2) is 9.17. The summed E-state index contributed by atoms with van der Waals surface area (Å²) in [7, 11) is 0. The summed E-state index contributed by atoms with van der Waals surface area (Å²) in [5, 5.41) is 7.85. The molecule has 0 saturated carbocycles. The Kier molecular flexibility index (Phi) is 6.94. The number of carbonyl (C=O) groups excluding carboxylic acids is 3. The van der Waals surface area contributed by atoms with Crippen molar-refractivity contribution >= 4 is 23.5 Å². The van der Waals surface area contributed by atoms with Crippen molar-refractivity contribution < 1.29 is 14.4 Å². The van der Waals surface area contributed by atoms with Crippen molar-refractivity contribution in [2.75, 3.05) is 25.0 Å². The lowest BCUT2D eigenvalue weighted by Crippen LogP contribution is -2.48. The number of hydrogen-bond acceptors (Lipinski definition) is 4. The van der Waals surface area contributed by atoms with Crippen LogP contribution in [0.2, 0.25) is 0 Å². The van der Waals surface area contributed by atoms with Gasteiger partial charge in [0.05, 0.1) is 6.54 Å². The molecule has 4 amide bonds. The fraction of sp³-hybridized carbons (Fsp3) is 0.500. The average molecular weight is 346 g/mol. The normalized spacial score (nSPS) is 15.6. The van der Waals surface area contributed by atoms with Crippen LogP contribution in [-0.4, -0.2) is 48.4 Å². The number of para-hydroxylation sites is 1. The molecule has 0 bridgehead atoms. The van der Waals surface area contributed by atoms with Crippen molar-refractivity contribution in [1.29, 1.82) is 0 Å². The molecule has 7 heteroatoms. The van der Waals surface area contributed by atoms with Crippen molar-refractivity contribution in [1.82, 2.24) is 15.5 Å². The molecule has 1 aromatic carbocycles. The first-order valence-corrected chi connectivity index (χ1v) is 8.62. The second-order valence-electron chi connectivity index (χ2n) is 6.58.